The van der Waals surface area contributed by atoms with E-state index in [-0.39, 0.29) is 9.92 Å². The molecular weight excluding hydrogens is 247 g/mol. The van der Waals surface area contributed by atoms with E-state index in [1.54, 1.807) is 4.72 Å². The summed E-state index contributed by atoms with van der Waals surface area (Å²) < 4.78 is 24.3. The van der Waals surface area contributed by atoms with Gasteiger partial charge in [0.2, 0.25) is 0 Å². The minimum atomic E-state index is -3.86. The average molecular weight is 251 g/mol. The third kappa shape index (κ3) is 2.29. The highest BCUT2D eigenvalue weighted by Gasteiger charge is 2.16. The van der Waals surface area contributed by atoms with Crippen molar-refractivity contribution in [1.82, 2.24) is 4.72 Å². The standard InChI is InChI=1S/C7H4Cl2N2O2S/c8-5-1-2-7(6(9)3-5)14(12,13)11-4-10/h1-3,11H. The molecule has 7 heteroatoms. The molecule has 0 aliphatic carbocycles. The molecule has 0 bridgehead atoms. The van der Waals surface area contributed by atoms with Gasteiger partial charge in [0.15, 0.2) is 6.19 Å². The molecule has 1 rings (SSSR count). The molecule has 0 spiro atoms. The van der Waals surface area contributed by atoms with E-state index in [0.717, 1.165) is 0 Å². The van der Waals surface area contributed by atoms with Crippen LogP contribution in [0.4, 0.5) is 0 Å². The second kappa shape index (κ2) is 4.05. The Bertz CT molecular complexity index is 493. The van der Waals surface area contributed by atoms with Gasteiger partial charge in [-0.05, 0) is 18.2 Å². The van der Waals surface area contributed by atoms with Gasteiger partial charge in [-0.3, -0.25) is 0 Å². The van der Waals surface area contributed by atoms with E-state index in [4.69, 9.17) is 28.5 Å². The largest absolute Gasteiger partial charge is 0.271 e. The third-order valence-electron chi connectivity index (χ3n) is 1.36. The van der Waals surface area contributed by atoms with E-state index in [1.807, 2.05) is 0 Å². The molecule has 0 saturated heterocycles. The fourth-order valence-corrected chi connectivity index (χ4v) is 2.31. The molecular formula is C7H4Cl2N2O2S. The molecule has 0 heterocycles. The number of benzene rings is 1. The van der Waals surface area contributed by atoms with Crippen LogP contribution in [0.5, 0.6) is 0 Å². The van der Waals surface area contributed by atoms with Gasteiger partial charge in [-0.2, -0.15) is 5.26 Å². The Morgan fingerprint density at radius 3 is 2.50 bits per heavy atom. The highest BCUT2D eigenvalue weighted by Crippen LogP contribution is 2.24. The van der Waals surface area contributed by atoms with E-state index in [0.29, 0.717) is 5.02 Å². The third-order valence-corrected chi connectivity index (χ3v) is 3.32. The number of nitrogens with one attached hydrogen (secondary N) is 1. The zero-order valence-electron chi connectivity index (χ0n) is 6.66. The van der Waals surface area contributed by atoms with Crippen molar-refractivity contribution < 1.29 is 8.42 Å². The monoisotopic (exact) mass is 250 g/mol. The minimum Gasteiger partial charge on any atom is -0.215 e. The van der Waals surface area contributed by atoms with Gasteiger partial charge in [-0.1, -0.05) is 23.2 Å². The Kier molecular flexibility index (Phi) is 3.21. The first-order valence-corrected chi connectivity index (χ1v) is 5.57. The summed E-state index contributed by atoms with van der Waals surface area (Å²) >= 11 is 11.2. The topological polar surface area (TPSA) is 70.0 Å². The summed E-state index contributed by atoms with van der Waals surface area (Å²) in [5.74, 6) is 0. The highest BCUT2D eigenvalue weighted by atomic mass is 35.5. The number of nitrogens with zero attached hydrogens (tertiary/aromatic N) is 1. The molecule has 1 aromatic rings. The molecule has 1 N–H and O–H groups in total. The summed E-state index contributed by atoms with van der Waals surface area (Å²) in [6.07, 6.45) is 1.32. The molecule has 4 nitrogen and oxygen atoms in total. The number of halogens is 2. The Hall–Kier alpha value is -0.960. The first kappa shape index (κ1) is 11.1. The maximum atomic E-state index is 11.3. The molecule has 0 radical (unpaired) electrons. The fraction of sp³-hybridized carbons (Fsp3) is 0. The molecule has 0 atom stereocenters. The maximum absolute atomic E-state index is 11.3. The van der Waals surface area contributed by atoms with Crippen LogP contribution in [0.2, 0.25) is 10.0 Å². The molecule has 0 unspecified atom stereocenters. The molecule has 0 saturated carbocycles. The van der Waals surface area contributed by atoms with Crippen LogP contribution >= 0.6 is 23.2 Å². The van der Waals surface area contributed by atoms with Crippen LogP contribution in [0.25, 0.3) is 0 Å². The van der Waals surface area contributed by atoms with Gasteiger partial charge in [0.1, 0.15) is 4.90 Å². The number of hydrogen-bond acceptors (Lipinski definition) is 3. The van der Waals surface area contributed by atoms with Crippen molar-refractivity contribution in [2.24, 2.45) is 0 Å². The molecule has 0 aliphatic heterocycles. The van der Waals surface area contributed by atoms with E-state index in [2.05, 4.69) is 0 Å². The number of rotatable bonds is 2. The highest BCUT2D eigenvalue weighted by molar-refractivity contribution is 7.89. The summed E-state index contributed by atoms with van der Waals surface area (Å²) in [6, 6.07) is 3.89. The molecule has 14 heavy (non-hydrogen) atoms. The van der Waals surface area contributed by atoms with Crippen LogP contribution in [-0.4, -0.2) is 8.42 Å². The van der Waals surface area contributed by atoms with Crippen molar-refractivity contribution in [2.45, 2.75) is 4.90 Å². The lowest BCUT2D eigenvalue weighted by molar-refractivity contribution is 0.591. The minimum absolute atomic E-state index is 0.0275. The summed E-state index contributed by atoms with van der Waals surface area (Å²) in [7, 11) is -3.86. The number of hydrogen-bond donors (Lipinski definition) is 1. The van der Waals surface area contributed by atoms with Crippen molar-refractivity contribution in [1.29, 1.82) is 5.26 Å². The van der Waals surface area contributed by atoms with Crippen LogP contribution in [0.15, 0.2) is 23.1 Å². The first-order valence-electron chi connectivity index (χ1n) is 3.33. The summed E-state index contributed by atoms with van der Waals surface area (Å²) in [5, 5.41) is 8.50. The quantitative estimate of drug-likeness (QED) is 0.643. The summed E-state index contributed by atoms with van der Waals surface area (Å²) in [4.78, 5) is -0.176. The van der Waals surface area contributed by atoms with Crippen LogP contribution < -0.4 is 4.72 Å². The van der Waals surface area contributed by atoms with Crippen molar-refractivity contribution in [3.8, 4) is 6.19 Å². The van der Waals surface area contributed by atoms with Crippen molar-refractivity contribution in [2.75, 3.05) is 0 Å². The van der Waals surface area contributed by atoms with Crippen molar-refractivity contribution in [3.05, 3.63) is 28.2 Å². The second-order valence-corrected chi connectivity index (χ2v) is 4.79. The smallest absolute Gasteiger partial charge is 0.215 e. The lowest BCUT2D eigenvalue weighted by atomic mass is 10.4. The second-order valence-electron chi connectivity index (χ2n) is 2.29. The lowest BCUT2D eigenvalue weighted by Crippen LogP contribution is -2.18. The van der Waals surface area contributed by atoms with Crippen molar-refractivity contribution in [3.63, 3.8) is 0 Å². The van der Waals surface area contributed by atoms with E-state index >= 15 is 0 Å². The lowest BCUT2D eigenvalue weighted by Gasteiger charge is -2.03. The molecule has 74 valence electrons. The normalized spacial score (nSPS) is 10.6. The molecule has 1 aromatic carbocycles. The van der Waals surface area contributed by atoms with E-state index in [9.17, 15) is 8.42 Å². The van der Waals surface area contributed by atoms with Gasteiger partial charge < -0.3 is 0 Å². The van der Waals surface area contributed by atoms with Gasteiger partial charge in [0.25, 0.3) is 10.0 Å². The molecule has 0 aliphatic rings. The van der Waals surface area contributed by atoms with Crippen LogP contribution in [0, 0.1) is 11.5 Å². The van der Waals surface area contributed by atoms with Crippen LogP contribution in [0.3, 0.4) is 0 Å². The van der Waals surface area contributed by atoms with Gasteiger partial charge >= 0.3 is 0 Å². The Labute approximate surface area is 91.1 Å². The average Bonchev–Trinajstić information content (AvgIpc) is 2.02. The summed E-state index contributed by atoms with van der Waals surface area (Å²) in [5.41, 5.74) is 0. The molecule has 0 amide bonds. The zero-order valence-corrected chi connectivity index (χ0v) is 8.99. The van der Waals surface area contributed by atoms with Gasteiger partial charge in [-0.25, -0.2) is 13.1 Å². The van der Waals surface area contributed by atoms with Crippen LogP contribution in [-0.2, 0) is 10.0 Å². The zero-order chi connectivity index (χ0) is 10.8. The molecule has 0 fully saturated rings. The SMILES string of the molecule is N#CNS(=O)(=O)c1ccc(Cl)cc1Cl. The maximum Gasteiger partial charge on any atom is 0.271 e. The fourth-order valence-electron chi connectivity index (χ4n) is 0.808. The predicted octanol–water partition coefficient (Wildman–Crippen LogP) is 1.75. The van der Waals surface area contributed by atoms with E-state index in [1.165, 1.54) is 24.4 Å². The van der Waals surface area contributed by atoms with Crippen LogP contribution in [0.1, 0.15) is 0 Å². The Morgan fingerprint density at radius 2 is 2.00 bits per heavy atom. The summed E-state index contributed by atoms with van der Waals surface area (Å²) in [6.45, 7) is 0. The predicted molar refractivity (Wildman–Crippen MR) is 52.4 cm³/mol. The number of nitriles is 1. The van der Waals surface area contributed by atoms with Crippen molar-refractivity contribution >= 4 is 33.2 Å². The number of sulfonamides is 1. The molecule has 0 aromatic heterocycles. The van der Waals surface area contributed by atoms with Gasteiger partial charge in [0.05, 0.1) is 5.02 Å². The van der Waals surface area contributed by atoms with Gasteiger partial charge in [0, 0.05) is 5.02 Å². The van der Waals surface area contributed by atoms with E-state index < -0.39 is 10.0 Å². The Morgan fingerprint density at radius 1 is 1.36 bits per heavy atom. The first-order chi connectivity index (χ1) is 6.47. The van der Waals surface area contributed by atoms with Gasteiger partial charge in [-0.15, -0.1) is 0 Å². The Balaban J connectivity index is 3.29.